The monoisotopic (exact) mass is 368 g/mol. The molecule has 148 valence electrons. The van der Waals surface area contributed by atoms with Gasteiger partial charge in [0.25, 0.3) is 0 Å². The van der Waals surface area contributed by atoms with Crippen LogP contribution in [0.25, 0.3) is 0 Å². The topological polar surface area (TPSA) is 107 Å². The van der Waals surface area contributed by atoms with Gasteiger partial charge in [0.2, 0.25) is 0 Å². The van der Waals surface area contributed by atoms with Crippen molar-refractivity contribution in [3.8, 4) is 0 Å². The average Bonchev–Trinajstić information content (AvgIpc) is 2.57. The van der Waals surface area contributed by atoms with E-state index in [-0.39, 0.29) is 18.8 Å². The fraction of sp³-hybridized carbons (Fsp3) is 0.650. The molecule has 1 aliphatic rings. The van der Waals surface area contributed by atoms with Crippen LogP contribution >= 0.6 is 0 Å². The normalized spacial score (nSPS) is 28.3. The molecule has 1 saturated heterocycles. The number of ether oxygens (including phenoxy) is 1. The van der Waals surface area contributed by atoms with Gasteiger partial charge < -0.3 is 25.2 Å². The maximum absolute atomic E-state index is 10.5. The number of carbonyl (C=O) groups is 1. The van der Waals surface area contributed by atoms with Crippen LogP contribution in [0.4, 0.5) is 0 Å². The Kier molecular flexibility index (Phi) is 11.1. The van der Waals surface area contributed by atoms with Crippen LogP contribution in [-0.2, 0) is 9.53 Å². The predicted molar refractivity (Wildman–Crippen MR) is 99.4 cm³/mol. The van der Waals surface area contributed by atoms with Crippen molar-refractivity contribution in [1.82, 2.24) is 0 Å². The van der Waals surface area contributed by atoms with E-state index in [1.807, 2.05) is 31.2 Å². The van der Waals surface area contributed by atoms with Gasteiger partial charge in [-0.3, -0.25) is 4.79 Å². The zero-order chi connectivity index (χ0) is 19.4. The van der Waals surface area contributed by atoms with Crippen molar-refractivity contribution in [3.05, 3.63) is 36.5 Å². The van der Waals surface area contributed by atoms with E-state index in [9.17, 15) is 20.1 Å². The molecular formula is C20H32O6. The quantitative estimate of drug-likeness (QED) is 0.330. The number of hydrogen-bond acceptors (Lipinski definition) is 5. The molecule has 0 amide bonds. The Morgan fingerprint density at radius 2 is 2.00 bits per heavy atom. The van der Waals surface area contributed by atoms with Crippen molar-refractivity contribution in [3.63, 3.8) is 0 Å². The number of unbranched alkanes of at least 4 members (excludes halogenated alkanes) is 1. The zero-order valence-corrected chi connectivity index (χ0v) is 15.4. The van der Waals surface area contributed by atoms with Crippen LogP contribution in [-0.4, -0.2) is 51.0 Å². The van der Waals surface area contributed by atoms with Gasteiger partial charge in [-0.05, 0) is 32.1 Å². The number of hydrogen-bond donors (Lipinski definition) is 4. The highest BCUT2D eigenvalue weighted by molar-refractivity contribution is 5.66. The second-order valence-corrected chi connectivity index (χ2v) is 6.58. The zero-order valence-electron chi connectivity index (χ0n) is 15.4. The van der Waals surface area contributed by atoms with Gasteiger partial charge in [0.05, 0.1) is 18.3 Å². The fourth-order valence-corrected chi connectivity index (χ4v) is 2.88. The van der Waals surface area contributed by atoms with E-state index in [4.69, 9.17) is 9.84 Å². The summed E-state index contributed by atoms with van der Waals surface area (Å²) in [5, 5.41) is 38.6. The summed E-state index contributed by atoms with van der Waals surface area (Å²) < 4.78 is 5.52. The lowest BCUT2D eigenvalue weighted by atomic mass is 9.87. The first-order valence-corrected chi connectivity index (χ1v) is 9.33. The molecule has 1 fully saturated rings. The van der Waals surface area contributed by atoms with Crippen molar-refractivity contribution in [2.45, 2.75) is 76.5 Å². The number of allylic oxidation sites excluding steroid dienone is 3. The van der Waals surface area contributed by atoms with E-state index in [2.05, 4.69) is 0 Å². The Morgan fingerprint density at radius 3 is 2.69 bits per heavy atom. The molecule has 0 spiro atoms. The van der Waals surface area contributed by atoms with Crippen LogP contribution < -0.4 is 0 Å². The maximum atomic E-state index is 10.5. The smallest absolute Gasteiger partial charge is 0.303 e. The molecule has 1 unspecified atom stereocenters. The molecule has 1 rings (SSSR count). The minimum atomic E-state index is -1.02. The summed E-state index contributed by atoms with van der Waals surface area (Å²) >= 11 is 0. The van der Waals surface area contributed by atoms with Crippen molar-refractivity contribution in [2.24, 2.45) is 5.92 Å². The third-order valence-corrected chi connectivity index (χ3v) is 4.31. The van der Waals surface area contributed by atoms with E-state index in [1.54, 1.807) is 12.2 Å². The number of aliphatic carboxylic acids is 1. The molecule has 0 aliphatic carbocycles. The third-order valence-electron chi connectivity index (χ3n) is 4.31. The van der Waals surface area contributed by atoms with Crippen LogP contribution in [0.2, 0.25) is 0 Å². The largest absolute Gasteiger partial charge is 0.481 e. The van der Waals surface area contributed by atoms with Gasteiger partial charge in [0, 0.05) is 18.8 Å². The lowest BCUT2D eigenvalue weighted by Gasteiger charge is -2.36. The lowest BCUT2D eigenvalue weighted by Crippen LogP contribution is -2.43. The van der Waals surface area contributed by atoms with Crippen LogP contribution in [0.3, 0.4) is 0 Å². The molecule has 0 aromatic heterocycles. The van der Waals surface area contributed by atoms with E-state index in [0.717, 1.165) is 6.42 Å². The number of rotatable bonds is 11. The highest BCUT2D eigenvalue weighted by Crippen LogP contribution is 2.29. The van der Waals surface area contributed by atoms with Crippen molar-refractivity contribution >= 4 is 5.97 Å². The summed E-state index contributed by atoms with van der Waals surface area (Å²) in [7, 11) is 0. The molecule has 0 saturated carbocycles. The van der Waals surface area contributed by atoms with E-state index >= 15 is 0 Å². The molecule has 0 aromatic rings. The molecule has 4 N–H and O–H groups in total. The van der Waals surface area contributed by atoms with Crippen molar-refractivity contribution in [1.29, 1.82) is 0 Å². The van der Waals surface area contributed by atoms with Crippen molar-refractivity contribution < 1.29 is 30.0 Å². The second kappa shape index (κ2) is 12.8. The molecule has 6 heteroatoms. The second-order valence-electron chi connectivity index (χ2n) is 6.58. The number of carboxylic acid groups (broad SMARTS) is 1. The van der Waals surface area contributed by atoms with Crippen LogP contribution in [0.1, 0.15) is 51.9 Å². The lowest BCUT2D eigenvalue weighted by molar-refractivity contribution is -0.199. The van der Waals surface area contributed by atoms with Crippen molar-refractivity contribution in [2.75, 3.05) is 0 Å². The summed E-state index contributed by atoms with van der Waals surface area (Å²) in [6.07, 6.45) is 11.8. The van der Waals surface area contributed by atoms with Gasteiger partial charge >= 0.3 is 5.97 Å². The van der Waals surface area contributed by atoms with Gasteiger partial charge in [-0.1, -0.05) is 43.4 Å². The molecule has 26 heavy (non-hydrogen) atoms. The Morgan fingerprint density at radius 1 is 1.23 bits per heavy atom. The van der Waals surface area contributed by atoms with Crippen LogP contribution in [0.15, 0.2) is 36.5 Å². The summed E-state index contributed by atoms with van der Waals surface area (Å²) in [5.41, 5.74) is 0. The first-order valence-electron chi connectivity index (χ1n) is 9.33. The molecule has 1 heterocycles. The molecule has 0 aromatic carbocycles. The standard InChI is InChI=1S/C20H32O6/c1-2-3-6-9-15(21)12-13-18-16(17(22)14-20(25)26-18)10-7-4-5-8-11-19(23)24/h3-4,6-7,12-13,15-18,20-22,25H,2,5,8-11,14H2,1H3,(H,23,24)/b6-3-,7-4-,13-12+/t15-,16-,17-,18+,20?/m0/s1. The van der Waals surface area contributed by atoms with E-state index < -0.39 is 30.6 Å². The van der Waals surface area contributed by atoms with Gasteiger partial charge in [0.15, 0.2) is 6.29 Å². The van der Waals surface area contributed by atoms with Crippen LogP contribution in [0, 0.1) is 5.92 Å². The number of aliphatic hydroxyl groups is 3. The first-order chi connectivity index (χ1) is 12.4. The van der Waals surface area contributed by atoms with Gasteiger partial charge in [-0.25, -0.2) is 0 Å². The Hall–Kier alpha value is -1.47. The predicted octanol–water partition coefficient (Wildman–Crippen LogP) is 2.55. The van der Waals surface area contributed by atoms with Crippen LogP contribution in [0.5, 0.6) is 0 Å². The molecule has 5 atom stereocenters. The molecule has 0 radical (unpaired) electrons. The highest BCUT2D eigenvalue weighted by Gasteiger charge is 2.35. The van der Waals surface area contributed by atoms with E-state index in [1.165, 1.54) is 0 Å². The highest BCUT2D eigenvalue weighted by atomic mass is 16.6. The van der Waals surface area contributed by atoms with E-state index in [0.29, 0.717) is 25.7 Å². The molecule has 6 nitrogen and oxygen atoms in total. The summed E-state index contributed by atoms with van der Waals surface area (Å²) in [6.45, 7) is 2.02. The number of aliphatic hydroxyl groups excluding tert-OH is 3. The summed E-state index contributed by atoms with van der Waals surface area (Å²) in [4.78, 5) is 10.5. The fourth-order valence-electron chi connectivity index (χ4n) is 2.88. The molecular weight excluding hydrogens is 336 g/mol. The Labute approximate surface area is 155 Å². The molecule has 0 bridgehead atoms. The minimum Gasteiger partial charge on any atom is -0.481 e. The van der Waals surface area contributed by atoms with Gasteiger partial charge in [0.1, 0.15) is 0 Å². The summed E-state index contributed by atoms with van der Waals surface area (Å²) in [6, 6.07) is 0. The van der Waals surface area contributed by atoms with Gasteiger partial charge in [-0.2, -0.15) is 0 Å². The third kappa shape index (κ3) is 9.29. The van der Waals surface area contributed by atoms with Gasteiger partial charge in [-0.15, -0.1) is 0 Å². The maximum Gasteiger partial charge on any atom is 0.303 e. The summed E-state index contributed by atoms with van der Waals surface area (Å²) in [5.74, 6) is -1.02. The Bertz CT molecular complexity index is 485. The SMILES string of the molecule is CC/C=C\C[C@H](O)/C=C/[C@H]1OC(O)C[C@H](O)[C@@H]1C/C=C\CCCC(=O)O. The minimum absolute atomic E-state index is 0.140. The Balaban J connectivity index is 2.56. The number of carboxylic acids is 1. The first kappa shape index (κ1) is 22.6. The molecule has 1 aliphatic heterocycles. The average molecular weight is 368 g/mol.